The summed E-state index contributed by atoms with van der Waals surface area (Å²) in [6, 6.07) is 24.7. The topological polar surface area (TPSA) is 47.6 Å². The lowest BCUT2D eigenvalue weighted by atomic mass is 10.1. The van der Waals surface area contributed by atoms with E-state index in [4.69, 9.17) is 9.47 Å². The summed E-state index contributed by atoms with van der Waals surface area (Å²) in [4.78, 5) is 11.8. The minimum absolute atomic E-state index is 0.452. The summed E-state index contributed by atoms with van der Waals surface area (Å²) >= 11 is 0. The van der Waals surface area contributed by atoms with E-state index in [2.05, 4.69) is 36.5 Å². The summed E-state index contributed by atoms with van der Waals surface area (Å²) in [5.41, 5.74) is 3.62. The maximum atomic E-state index is 11.8. The molecule has 0 amide bonds. The molecule has 0 radical (unpaired) electrons. The van der Waals surface area contributed by atoms with Crippen molar-refractivity contribution in [3.05, 3.63) is 95.6 Å². The van der Waals surface area contributed by atoms with Gasteiger partial charge in [0.05, 0.1) is 0 Å². The Kier molecular flexibility index (Phi) is 6.01. The molecule has 0 saturated heterocycles. The van der Waals surface area contributed by atoms with Crippen molar-refractivity contribution in [2.24, 2.45) is 0 Å². The van der Waals surface area contributed by atoms with Gasteiger partial charge in [0.25, 0.3) is 0 Å². The lowest BCUT2D eigenvalue weighted by Crippen LogP contribution is -2.14. The third kappa shape index (κ3) is 5.46. The van der Waals surface area contributed by atoms with Gasteiger partial charge in [0, 0.05) is 13.1 Å². The Bertz CT molecular complexity index is 828. The molecule has 0 unspecified atom stereocenters. The van der Waals surface area contributed by atoms with E-state index < -0.39 is 6.16 Å². The highest BCUT2D eigenvalue weighted by Crippen LogP contribution is 2.15. The fraction of sp³-hybridized carbons (Fsp3) is 0.136. The van der Waals surface area contributed by atoms with E-state index in [-0.39, 0.29) is 0 Å². The van der Waals surface area contributed by atoms with Crippen LogP contribution in [0.3, 0.4) is 0 Å². The lowest BCUT2D eigenvalue weighted by molar-refractivity contribution is 0.152. The second-order valence-electron chi connectivity index (χ2n) is 6.00. The van der Waals surface area contributed by atoms with Gasteiger partial charge in [-0.25, -0.2) is 4.79 Å². The molecule has 0 atom stereocenters. The summed E-state index contributed by atoms with van der Waals surface area (Å²) < 4.78 is 10.3. The van der Waals surface area contributed by atoms with Crippen LogP contribution in [0.5, 0.6) is 11.5 Å². The molecule has 0 aliphatic rings. The van der Waals surface area contributed by atoms with E-state index >= 15 is 0 Å². The number of ether oxygens (including phenoxy) is 2. The van der Waals surface area contributed by atoms with Crippen LogP contribution in [0.4, 0.5) is 4.79 Å². The molecule has 3 aromatic carbocycles. The number of carbonyl (C=O) groups is 1. The molecular weight excluding hydrogens is 326 g/mol. The average molecular weight is 347 g/mol. The summed E-state index contributed by atoms with van der Waals surface area (Å²) in [6.07, 6.45) is -0.749. The Labute approximate surface area is 153 Å². The second-order valence-corrected chi connectivity index (χ2v) is 6.00. The highest BCUT2D eigenvalue weighted by atomic mass is 16.7. The van der Waals surface area contributed by atoms with Gasteiger partial charge in [0.1, 0.15) is 11.5 Å². The molecule has 1 N–H and O–H groups in total. The van der Waals surface area contributed by atoms with Crippen LogP contribution >= 0.6 is 0 Å². The number of rotatable bonds is 6. The first kappa shape index (κ1) is 17.7. The van der Waals surface area contributed by atoms with Gasteiger partial charge < -0.3 is 14.8 Å². The van der Waals surface area contributed by atoms with Crippen LogP contribution in [-0.4, -0.2) is 6.16 Å². The van der Waals surface area contributed by atoms with Gasteiger partial charge in [-0.05, 0) is 42.3 Å². The van der Waals surface area contributed by atoms with Crippen LogP contribution < -0.4 is 14.8 Å². The monoisotopic (exact) mass is 347 g/mol. The number of nitrogens with one attached hydrogen (secondary N) is 1. The maximum absolute atomic E-state index is 11.8. The van der Waals surface area contributed by atoms with E-state index in [1.165, 1.54) is 11.1 Å². The summed E-state index contributed by atoms with van der Waals surface area (Å²) in [6.45, 7) is 3.63. The molecule has 4 nitrogen and oxygen atoms in total. The minimum Gasteiger partial charge on any atom is -0.395 e. The standard InChI is InChI=1S/C22H21NO3/c1-17-7-9-18(10-8-17)15-23-16-19-11-13-21(14-12-19)26-22(24)25-20-5-3-2-4-6-20/h2-14,23H,15-16H2,1H3. The van der Waals surface area contributed by atoms with Gasteiger partial charge >= 0.3 is 6.16 Å². The van der Waals surface area contributed by atoms with Crippen molar-refractivity contribution in [3.63, 3.8) is 0 Å². The highest BCUT2D eigenvalue weighted by Gasteiger charge is 2.07. The van der Waals surface area contributed by atoms with Crippen LogP contribution in [0.1, 0.15) is 16.7 Å². The van der Waals surface area contributed by atoms with E-state index in [0.29, 0.717) is 11.5 Å². The van der Waals surface area contributed by atoms with Crippen LogP contribution in [0.2, 0.25) is 0 Å². The van der Waals surface area contributed by atoms with Crippen molar-refractivity contribution in [1.29, 1.82) is 0 Å². The molecule has 0 aromatic heterocycles. The van der Waals surface area contributed by atoms with Crippen molar-refractivity contribution in [2.45, 2.75) is 20.0 Å². The quantitative estimate of drug-likeness (QED) is 0.511. The third-order valence-corrected chi connectivity index (χ3v) is 3.85. The SMILES string of the molecule is Cc1ccc(CNCc2ccc(OC(=O)Oc3ccccc3)cc2)cc1. The predicted molar refractivity (Wildman–Crippen MR) is 101 cm³/mol. The number of hydrogen-bond acceptors (Lipinski definition) is 4. The van der Waals surface area contributed by atoms with Crippen LogP contribution in [0.25, 0.3) is 0 Å². The van der Waals surface area contributed by atoms with Crippen molar-refractivity contribution in [2.75, 3.05) is 0 Å². The van der Waals surface area contributed by atoms with Gasteiger partial charge in [-0.3, -0.25) is 0 Å². The smallest absolute Gasteiger partial charge is 0.395 e. The fourth-order valence-electron chi connectivity index (χ4n) is 2.43. The second kappa shape index (κ2) is 8.83. The number of hydrogen-bond donors (Lipinski definition) is 1. The molecule has 132 valence electrons. The van der Waals surface area contributed by atoms with Crippen molar-refractivity contribution in [1.82, 2.24) is 5.32 Å². The summed E-state index contributed by atoms with van der Waals surface area (Å²) in [5, 5.41) is 3.40. The minimum atomic E-state index is -0.749. The molecule has 3 aromatic rings. The summed E-state index contributed by atoms with van der Waals surface area (Å²) in [7, 11) is 0. The Morgan fingerprint density at radius 3 is 1.81 bits per heavy atom. The Morgan fingerprint density at radius 2 is 1.23 bits per heavy atom. The van der Waals surface area contributed by atoms with Crippen molar-refractivity contribution >= 4 is 6.16 Å². The van der Waals surface area contributed by atoms with Gasteiger partial charge in [0.15, 0.2) is 0 Å². The average Bonchev–Trinajstić information content (AvgIpc) is 2.65. The van der Waals surface area contributed by atoms with Gasteiger partial charge in [-0.1, -0.05) is 60.2 Å². The molecule has 0 aliphatic heterocycles. The Morgan fingerprint density at radius 1 is 0.731 bits per heavy atom. The Hall–Kier alpha value is -3.11. The first-order valence-electron chi connectivity index (χ1n) is 8.49. The predicted octanol–water partition coefficient (Wildman–Crippen LogP) is 4.86. The highest BCUT2D eigenvalue weighted by molar-refractivity contribution is 5.67. The number of para-hydroxylation sites is 1. The number of carbonyl (C=O) groups excluding carboxylic acids is 1. The molecule has 3 rings (SSSR count). The van der Waals surface area contributed by atoms with E-state index in [9.17, 15) is 4.79 Å². The molecule has 0 saturated carbocycles. The first-order valence-corrected chi connectivity index (χ1v) is 8.49. The van der Waals surface area contributed by atoms with Gasteiger partial charge in [-0.15, -0.1) is 0 Å². The molecule has 4 heteroatoms. The zero-order valence-electron chi connectivity index (χ0n) is 14.6. The van der Waals surface area contributed by atoms with Crippen molar-refractivity contribution in [3.8, 4) is 11.5 Å². The molecule has 26 heavy (non-hydrogen) atoms. The molecule has 0 bridgehead atoms. The van der Waals surface area contributed by atoms with Crippen molar-refractivity contribution < 1.29 is 14.3 Å². The number of benzene rings is 3. The zero-order valence-corrected chi connectivity index (χ0v) is 14.6. The Balaban J connectivity index is 1.45. The zero-order chi connectivity index (χ0) is 18.2. The molecule has 0 heterocycles. The molecular formula is C22H21NO3. The number of aryl methyl sites for hydroxylation is 1. The largest absolute Gasteiger partial charge is 0.519 e. The van der Waals surface area contributed by atoms with Crippen LogP contribution in [0, 0.1) is 6.92 Å². The van der Waals surface area contributed by atoms with Crippen LogP contribution in [-0.2, 0) is 13.1 Å². The van der Waals surface area contributed by atoms with E-state index in [0.717, 1.165) is 18.7 Å². The lowest BCUT2D eigenvalue weighted by Gasteiger charge is -2.08. The molecule has 0 spiro atoms. The third-order valence-electron chi connectivity index (χ3n) is 3.85. The first-order chi connectivity index (χ1) is 12.7. The van der Waals surface area contributed by atoms with Gasteiger partial charge in [-0.2, -0.15) is 0 Å². The van der Waals surface area contributed by atoms with E-state index in [1.54, 1.807) is 36.4 Å². The fourth-order valence-corrected chi connectivity index (χ4v) is 2.43. The molecule has 0 aliphatic carbocycles. The maximum Gasteiger partial charge on any atom is 0.519 e. The summed E-state index contributed by atoms with van der Waals surface area (Å²) in [5.74, 6) is 0.905. The normalized spacial score (nSPS) is 10.3. The van der Waals surface area contributed by atoms with Crippen LogP contribution in [0.15, 0.2) is 78.9 Å². The van der Waals surface area contributed by atoms with E-state index in [1.807, 2.05) is 18.2 Å². The molecule has 0 fully saturated rings. The van der Waals surface area contributed by atoms with Gasteiger partial charge in [0.2, 0.25) is 0 Å².